The summed E-state index contributed by atoms with van der Waals surface area (Å²) < 4.78 is 7.48. The summed E-state index contributed by atoms with van der Waals surface area (Å²) in [6, 6.07) is 16.6. The Hall–Kier alpha value is -1.71. The molecule has 20 heavy (non-hydrogen) atoms. The zero-order valence-corrected chi connectivity index (χ0v) is 12.6. The molecule has 0 spiro atoms. The average molecular weight is 296 g/mol. The molecule has 1 aromatic heterocycles. The van der Waals surface area contributed by atoms with Gasteiger partial charge in [-0.15, -0.1) is 23.1 Å². The highest BCUT2D eigenvalue weighted by Gasteiger charge is 2.23. The molecule has 0 aliphatic carbocycles. The maximum absolute atomic E-state index is 6.14. The van der Waals surface area contributed by atoms with Crippen molar-refractivity contribution in [2.75, 3.05) is 6.26 Å². The lowest BCUT2D eigenvalue weighted by Crippen LogP contribution is -1.85. The van der Waals surface area contributed by atoms with E-state index in [2.05, 4.69) is 35.9 Å². The Morgan fingerprint density at radius 2 is 1.50 bits per heavy atom. The van der Waals surface area contributed by atoms with Crippen LogP contribution in [-0.4, -0.2) is 6.26 Å². The van der Waals surface area contributed by atoms with Crippen molar-refractivity contribution in [2.45, 2.75) is 4.21 Å². The minimum atomic E-state index is 0.934. The van der Waals surface area contributed by atoms with Gasteiger partial charge >= 0.3 is 0 Å². The molecule has 0 fully saturated rings. The number of hydrogen-bond donors (Lipinski definition) is 0. The second kappa shape index (κ2) is 4.69. The summed E-state index contributed by atoms with van der Waals surface area (Å²) in [7, 11) is 0. The third kappa shape index (κ3) is 1.70. The van der Waals surface area contributed by atoms with E-state index in [1.165, 1.54) is 26.5 Å². The quantitative estimate of drug-likeness (QED) is 0.404. The van der Waals surface area contributed by atoms with Crippen LogP contribution in [0.3, 0.4) is 0 Å². The molecule has 0 saturated carbocycles. The topological polar surface area (TPSA) is 9.23 Å². The van der Waals surface area contributed by atoms with Gasteiger partial charge in [-0.25, -0.2) is 0 Å². The Kier molecular flexibility index (Phi) is 2.83. The number of rotatable bonds is 1. The van der Waals surface area contributed by atoms with Crippen LogP contribution in [0.2, 0.25) is 0 Å². The summed E-state index contributed by atoms with van der Waals surface area (Å²) >= 11 is 3.61. The van der Waals surface area contributed by atoms with Crippen molar-refractivity contribution in [3.63, 3.8) is 0 Å². The van der Waals surface area contributed by atoms with Crippen LogP contribution in [0.25, 0.3) is 22.3 Å². The lowest BCUT2D eigenvalue weighted by atomic mass is 9.99. The summed E-state index contributed by atoms with van der Waals surface area (Å²) in [4.78, 5) is 0. The van der Waals surface area contributed by atoms with E-state index in [4.69, 9.17) is 4.74 Å². The average Bonchev–Trinajstić information content (AvgIpc) is 2.86. The van der Waals surface area contributed by atoms with E-state index < -0.39 is 0 Å². The number of ether oxygens (including phenoxy) is 1. The van der Waals surface area contributed by atoms with Gasteiger partial charge in [0.15, 0.2) is 0 Å². The number of thioether (sulfide) groups is 1. The number of hydrogen-bond acceptors (Lipinski definition) is 3. The molecule has 2 aromatic carbocycles. The Labute approximate surface area is 126 Å². The fourth-order valence-corrected chi connectivity index (χ4v) is 4.36. The van der Waals surface area contributed by atoms with E-state index in [1.54, 1.807) is 11.8 Å². The Bertz CT molecular complexity index is 789. The van der Waals surface area contributed by atoms with Crippen molar-refractivity contribution in [3.8, 4) is 33.8 Å². The van der Waals surface area contributed by atoms with Gasteiger partial charge in [0, 0.05) is 27.6 Å². The third-order valence-corrected chi connectivity index (χ3v) is 5.63. The summed E-state index contributed by atoms with van der Waals surface area (Å²) in [5, 5.41) is 2.24. The first-order valence-corrected chi connectivity index (χ1v) is 8.51. The normalized spacial score (nSPS) is 11.8. The molecule has 0 saturated heterocycles. The molecule has 0 atom stereocenters. The first-order chi connectivity index (χ1) is 9.88. The van der Waals surface area contributed by atoms with E-state index in [0.717, 1.165) is 11.5 Å². The molecule has 3 aromatic rings. The second-order valence-corrected chi connectivity index (χ2v) is 6.56. The first-order valence-electron chi connectivity index (χ1n) is 6.40. The standard InChI is InChI=1S/C17H12OS2/c1-19-17-16-12-7-3-5-9-15(12)18-14-8-4-2-6-11(14)13(16)10-20-17/h2-10H,1H3. The van der Waals surface area contributed by atoms with Crippen LogP contribution >= 0.6 is 23.1 Å². The van der Waals surface area contributed by atoms with Gasteiger partial charge in [-0.1, -0.05) is 36.4 Å². The van der Waals surface area contributed by atoms with Gasteiger partial charge in [0.2, 0.25) is 0 Å². The zero-order chi connectivity index (χ0) is 13.5. The molecule has 2 heterocycles. The van der Waals surface area contributed by atoms with E-state index in [9.17, 15) is 0 Å². The van der Waals surface area contributed by atoms with Crippen molar-refractivity contribution in [1.82, 2.24) is 0 Å². The molecule has 1 aliphatic rings. The number of fused-ring (bicyclic) bond motifs is 5. The summed E-state index contributed by atoms with van der Waals surface area (Å²) in [5.41, 5.74) is 4.95. The van der Waals surface area contributed by atoms with Gasteiger partial charge in [-0.2, -0.15) is 0 Å². The Morgan fingerprint density at radius 1 is 0.850 bits per heavy atom. The van der Waals surface area contributed by atoms with Gasteiger partial charge < -0.3 is 4.74 Å². The molecule has 4 rings (SSSR count). The molecular weight excluding hydrogens is 284 g/mol. The van der Waals surface area contributed by atoms with Crippen molar-refractivity contribution in [1.29, 1.82) is 0 Å². The Morgan fingerprint density at radius 3 is 2.25 bits per heavy atom. The molecule has 98 valence electrons. The van der Waals surface area contributed by atoms with Crippen LogP contribution in [0.15, 0.2) is 58.1 Å². The van der Waals surface area contributed by atoms with Crippen LogP contribution in [0.5, 0.6) is 11.5 Å². The molecule has 0 unspecified atom stereocenters. The van der Waals surface area contributed by atoms with Gasteiger partial charge in [0.25, 0.3) is 0 Å². The monoisotopic (exact) mass is 296 g/mol. The van der Waals surface area contributed by atoms with E-state index in [-0.39, 0.29) is 0 Å². The lowest BCUT2D eigenvalue weighted by molar-refractivity contribution is 0.487. The largest absolute Gasteiger partial charge is 0.456 e. The Balaban J connectivity index is 2.12. The molecule has 0 amide bonds. The molecule has 1 nitrogen and oxygen atoms in total. The van der Waals surface area contributed by atoms with Crippen LogP contribution in [-0.2, 0) is 0 Å². The molecule has 0 bridgehead atoms. The molecule has 3 heteroatoms. The molecule has 1 aliphatic heterocycles. The van der Waals surface area contributed by atoms with Crippen LogP contribution in [0, 0.1) is 0 Å². The van der Waals surface area contributed by atoms with E-state index in [0.29, 0.717) is 0 Å². The third-order valence-electron chi connectivity index (χ3n) is 3.50. The summed E-state index contributed by atoms with van der Waals surface area (Å²) in [6.45, 7) is 0. The van der Waals surface area contributed by atoms with Crippen LogP contribution in [0.1, 0.15) is 0 Å². The second-order valence-electron chi connectivity index (χ2n) is 4.61. The summed E-state index contributed by atoms with van der Waals surface area (Å²) in [6.07, 6.45) is 2.13. The van der Waals surface area contributed by atoms with Crippen molar-refractivity contribution in [3.05, 3.63) is 53.9 Å². The lowest BCUT2D eigenvalue weighted by Gasteiger charge is -2.08. The maximum atomic E-state index is 6.14. The number of benzene rings is 2. The first kappa shape index (κ1) is 12.1. The van der Waals surface area contributed by atoms with Gasteiger partial charge in [-0.3, -0.25) is 0 Å². The SMILES string of the molecule is CSc1scc2c1-c1ccccc1Oc1ccccc1-2. The van der Waals surface area contributed by atoms with Gasteiger partial charge in [0.1, 0.15) is 11.5 Å². The smallest absolute Gasteiger partial charge is 0.135 e. The highest BCUT2D eigenvalue weighted by molar-refractivity contribution is 8.00. The highest BCUT2D eigenvalue weighted by Crippen LogP contribution is 2.51. The number of thiophene rings is 1. The van der Waals surface area contributed by atoms with Crippen LogP contribution in [0.4, 0.5) is 0 Å². The fourth-order valence-electron chi connectivity index (χ4n) is 2.60. The number of para-hydroxylation sites is 2. The van der Waals surface area contributed by atoms with Gasteiger partial charge in [0.05, 0.1) is 4.21 Å². The van der Waals surface area contributed by atoms with Crippen LogP contribution < -0.4 is 4.74 Å². The minimum Gasteiger partial charge on any atom is -0.456 e. The fraction of sp³-hybridized carbons (Fsp3) is 0.0588. The van der Waals surface area contributed by atoms with E-state index in [1.807, 2.05) is 35.6 Å². The molecule has 0 radical (unpaired) electrons. The van der Waals surface area contributed by atoms with E-state index >= 15 is 0 Å². The summed E-state index contributed by atoms with van der Waals surface area (Å²) in [5.74, 6) is 1.87. The highest BCUT2D eigenvalue weighted by atomic mass is 32.2. The zero-order valence-electron chi connectivity index (χ0n) is 10.9. The maximum Gasteiger partial charge on any atom is 0.135 e. The van der Waals surface area contributed by atoms with Gasteiger partial charge in [-0.05, 0) is 18.4 Å². The van der Waals surface area contributed by atoms with Crippen molar-refractivity contribution in [2.24, 2.45) is 0 Å². The predicted molar refractivity (Wildman–Crippen MR) is 87.0 cm³/mol. The predicted octanol–water partition coefficient (Wildman–Crippen LogP) is 5.91. The van der Waals surface area contributed by atoms with Crippen molar-refractivity contribution < 1.29 is 4.74 Å². The minimum absolute atomic E-state index is 0.934. The van der Waals surface area contributed by atoms with Crippen molar-refractivity contribution >= 4 is 23.1 Å². The molecular formula is C17H12OS2. The molecule has 0 N–H and O–H groups in total.